The highest BCUT2D eigenvalue weighted by molar-refractivity contribution is 5.98. The Balaban J connectivity index is 1.71. The Hall–Kier alpha value is -6.32. The summed E-state index contributed by atoms with van der Waals surface area (Å²) in [5, 5.41) is 46.7. The number of carbonyl (C=O) groups is 8. The highest BCUT2D eigenvalue weighted by Gasteiger charge is 2.44. The van der Waals surface area contributed by atoms with Gasteiger partial charge in [-0.15, -0.1) is 0 Å². The van der Waals surface area contributed by atoms with Gasteiger partial charge in [0.15, 0.2) is 12.6 Å². The molecule has 502 valence electrons. The third-order valence-electron chi connectivity index (χ3n) is 16.7. The van der Waals surface area contributed by atoms with E-state index in [4.69, 9.17) is 25.7 Å². The molecule has 2 aromatic carbocycles. The van der Waals surface area contributed by atoms with Crippen LogP contribution in [-0.2, 0) is 60.8 Å². The Morgan fingerprint density at radius 3 is 1.93 bits per heavy atom. The number of nitrogens with one attached hydrogen (secondary N) is 6. The topological polar surface area (TPSA) is 359 Å². The van der Waals surface area contributed by atoms with Gasteiger partial charge in [-0.05, 0) is 105 Å². The molecule has 8 amide bonds. The molecule has 1 aliphatic rings. The fourth-order valence-electron chi connectivity index (χ4n) is 11.4. The molecular weight excluding hydrogens is 1150 g/mol. The minimum absolute atomic E-state index is 0.113. The van der Waals surface area contributed by atoms with Crippen molar-refractivity contribution in [3.63, 3.8) is 0 Å². The number of benzene rings is 2. The van der Waals surface area contributed by atoms with Gasteiger partial charge in [0, 0.05) is 47.0 Å². The number of anilines is 1. The number of ether oxygens (including phenoxy) is 3. The molecule has 1 aliphatic heterocycles. The standard InChI is InChI=1S/C64H107N11O14/c1-14-41(8)55(49(87-12)36-51(77)75-34-22-26-48(75)56(88-13)42(9)57(78)70-47(62(83)84)35-43-23-17-15-18-24-43)73(10)61(82)53(39(4)5)72-60(81)54(40(6)7)74(11)64(86)89-37-44-28-30-45(31-29-44)68-58(79)46(25-21-33-67-63(66)85)69-59(80)52(38(2)3)71-50(76)27-19-16-20-32-65/h15,17-18,23-24,28-31,38-42,46-49,52-56,62-63,67,83-85H,14,16,19-22,25-27,32-37,65-66H2,1-13H3,(H,68,79)(H,69,80)(H,70,78)(H,71,76)(H,72,81)/t41-,42?,46-,47-,48-,49+,52-,53-,54-,55-,56+,63-/m0/s1. The molecule has 1 saturated heterocycles. The lowest BCUT2D eigenvalue weighted by Gasteiger charge is -2.41. The molecule has 12 atom stereocenters. The number of rotatable bonds is 39. The highest BCUT2D eigenvalue weighted by atomic mass is 16.6. The minimum atomic E-state index is -1.83. The molecule has 2 aromatic rings. The summed E-state index contributed by atoms with van der Waals surface area (Å²) in [6.45, 7) is 17.3. The third kappa shape index (κ3) is 24.4. The fraction of sp³-hybridized carbons (Fsp3) is 0.688. The van der Waals surface area contributed by atoms with Crippen LogP contribution < -0.4 is 43.4 Å². The van der Waals surface area contributed by atoms with Gasteiger partial charge in [0.25, 0.3) is 0 Å². The molecule has 0 aromatic heterocycles. The van der Waals surface area contributed by atoms with Crippen molar-refractivity contribution in [2.24, 2.45) is 41.1 Å². The molecule has 25 nitrogen and oxygen atoms in total. The molecule has 0 radical (unpaired) electrons. The van der Waals surface area contributed by atoms with Crippen LogP contribution >= 0.6 is 0 Å². The van der Waals surface area contributed by atoms with Crippen LogP contribution in [0.2, 0.25) is 0 Å². The Labute approximate surface area is 527 Å². The zero-order chi connectivity index (χ0) is 66.7. The average molecular weight is 1250 g/mol. The van der Waals surface area contributed by atoms with Gasteiger partial charge in [-0.1, -0.05) is 118 Å². The SMILES string of the molecule is CC[C@H](C)[C@@H]([C@@H](CC(=O)N1CCC[C@H]1[C@H](OC)C(C)C(=O)N[C@@H](Cc1ccccc1)C(O)O)OC)N(C)C(=O)[C@@H](NC(=O)[C@H](C(C)C)N(C)C(=O)OCc1ccc(NC(=O)[C@H](CCCN[C@H](N)O)NC(=O)[C@@H](NC(=O)CCCCCN)C(C)C)cc1)C(C)C. The molecule has 89 heavy (non-hydrogen) atoms. The molecule has 1 fully saturated rings. The number of methoxy groups -OCH3 is 2. The van der Waals surface area contributed by atoms with E-state index >= 15 is 0 Å². The normalized spacial score (nSPS) is 17.1. The van der Waals surface area contributed by atoms with Crippen LogP contribution in [0.5, 0.6) is 0 Å². The van der Waals surface area contributed by atoms with Crippen molar-refractivity contribution >= 4 is 53.1 Å². The van der Waals surface area contributed by atoms with Crippen LogP contribution in [0.25, 0.3) is 0 Å². The number of likely N-dealkylation sites (tertiary alicyclic amines) is 1. The molecule has 3 rings (SSSR count). The predicted octanol–water partition coefficient (Wildman–Crippen LogP) is 3.07. The first kappa shape index (κ1) is 76.9. The maximum Gasteiger partial charge on any atom is 0.410 e. The fourth-order valence-corrected chi connectivity index (χ4v) is 11.4. The maximum atomic E-state index is 14.8. The van der Waals surface area contributed by atoms with E-state index in [0.29, 0.717) is 56.4 Å². The molecule has 13 N–H and O–H groups in total. The first-order chi connectivity index (χ1) is 42.1. The molecular formula is C64H107N11O14. The lowest BCUT2D eigenvalue weighted by Crippen LogP contribution is -2.60. The van der Waals surface area contributed by atoms with Gasteiger partial charge < -0.3 is 71.6 Å². The van der Waals surface area contributed by atoms with Crippen molar-refractivity contribution < 1.29 is 67.9 Å². The van der Waals surface area contributed by atoms with Crippen LogP contribution in [0, 0.1) is 29.6 Å². The van der Waals surface area contributed by atoms with Crippen LogP contribution in [0.15, 0.2) is 54.6 Å². The second-order valence-corrected chi connectivity index (χ2v) is 24.6. The molecule has 0 spiro atoms. The first-order valence-electron chi connectivity index (χ1n) is 31.5. The van der Waals surface area contributed by atoms with Gasteiger partial charge in [-0.3, -0.25) is 49.5 Å². The molecule has 0 bridgehead atoms. The number of amides is 8. The van der Waals surface area contributed by atoms with Crippen molar-refractivity contribution in [2.75, 3.05) is 53.3 Å². The lowest BCUT2D eigenvalue weighted by molar-refractivity contribution is -0.148. The number of likely N-dealkylation sites (N-methyl/N-ethyl adjacent to an activating group) is 2. The second kappa shape index (κ2) is 39.1. The number of nitrogens with zero attached hydrogens (tertiary/aromatic N) is 3. The Morgan fingerprint density at radius 2 is 1.37 bits per heavy atom. The second-order valence-electron chi connectivity index (χ2n) is 24.6. The van der Waals surface area contributed by atoms with E-state index < -0.39 is 121 Å². The Kier molecular flexibility index (Phi) is 33.8. The van der Waals surface area contributed by atoms with Crippen molar-refractivity contribution in [3.8, 4) is 0 Å². The number of hydrogen-bond donors (Lipinski definition) is 11. The van der Waals surface area contributed by atoms with Gasteiger partial charge in [0.2, 0.25) is 41.4 Å². The molecule has 0 saturated carbocycles. The van der Waals surface area contributed by atoms with Crippen molar-refractivity contribution in [2.45, 2.75) is 207 Å². The van der Waals surface area contributed by atoms with E-state index in [2.05, 4.69) is 31.9 Å². The minimum Gasteiger partial charge on any atom is -0.445 e. The van der Waals surface area contributed by atoms with Gasteiger partial charge in [0.1, 0.15) is 30.8 Å². The van der Waals surface area contributed by atoms with Crippen molar-refractivity contribution in [1.82, 2.24) is 41.3 Å². The van der Waals surface area contributed by atoms with Crippen LogP contribution in [0.1, 0.15) is 138 Å². The third-order valence-corrected chi connectivity index (χ3v) is 16.7. The first-order valence-corrected chi connectivity index (χ1v) is 31.5. The van der Waals surface area contributed by atoms with Crippen molar-refractivity contribution in [1.29, 1.82) is 0 Å². The largest absolute Gasteiger partial charge is 0.445 e. The van der Waals surface area contributed by atoms with E-state index in [9.17, 15) is 53.7 Å². The number of aliphatic hydroxyl groups excluding tert-OH is 2. The summed E-state index contributed by atoms with van der Waals surface area (Å²) in [5.74, 6) is -5.21. The van der Waals surface area contributed by atoms with E-state index in [0.717, 1.165) is 18.4 Å². The maximum absolute atomic E-state index is 14.8. The van der Waals surface area contributed by atoms with Gasteiger partial charge in [-0.25, -0.2) is 4.79 Å². The number of nitrogens with two attached hydrogens (primary N) is 2. The smallest absolute Gasteiger partial charge is 0.410 e. The summed E-state index contributed by atoms with van der Waals surface area (Å²) in [4.78, 5) is 116. The van der Waals surface area contributed by atoms with Gasteiger partial charge in [0.05, 0.1) is 42.7 Å². The summed E-state index contributed by atoms with van der Waals surface area (Å²) < 4.78 is 17.7. The van der Waals surface area contributed by atoms with Crippen LogP contribution in [0.3, 0.4) is 0 Å². The Bertz CT molecular complexity index is 2510. The van der Waals surface area contributed by atoms with Crippen LogP contribution in [0.4, 0.5) is 10.5 Å². The number of unbranched alkanes of at least 4 members (excludes halogenated alkanes) is 2. The van der Waals surface area contributed by atoms with E-state index in [-0.39, 0.29) is 62.5 Å². The number of hydrogen-bond acceptors (Lipinski definition) is 17. The summed E-state index contributed by atoms with van der Waals surface area (Å²) in [6, 6.07) is 9.43. The Morgan fingerprint density at radius 1 is 0.719 bits per heavy atom. The predicted molar refractivity (Wildman–Crippen MR) is 338 cm³/mol. The van der Waals surface area contributed by atoms with E-state index in [1.54, 1.807) is 84.7 Å². The van der Waals surface area contributed by atoms with Gasteiger partial charge in [-0.2, -0.15) is 0 Å². The quantitative estimate of drug-likeness (QED) is 0.0338. The lowest BCUT2D eigenvalue weighted by atomic mass is 9.89. The molecule has 1 unspecified atom stereocenters. The summed E-state index contributed by atoms with van der Waals surface area (Å²) in [7, 11) is 6.03. The van der Waals surface area contributed by atoms with Gasteiger partial charge >= 0.3 is 6.09 Å². The molecule has 25 heteroatoms. The summed E-state index contributed by atoms with van der Waals surface area (Å²) in [6.07, 6.45) is -0.627. The summed E-state index contributed by atoms with van der Waals surface area (Å²) >= 11 is 0. The van der Waals surface area contributed by atoms with Crippen molar-refractivity contribution in [3.05, 3.63) is 65.7 Å². The molecule has 1 heterocycles. The molecule has 0 aliphatic carbocycles. The number of carbonyl (C=O) groups excluding carboxylic acids is 8. The van der Waals surface area contributed by atoms with E-state index in [1.165, 1.54) is 31.1 Å². The van der Waals surface area contributed by atoms with Crippen LogP contribution in [-0.4, -0.2) is 193 Å². The zero-order valence-electron chi connectivity index (χ0n) is 54.9. The average Bonchev–Trinajstić information content (AvgIpc) is 2.09. The zero-order valence-corrected chi connectivity index (χ0v) is 54.9. The monoisotopic (exact) mass is 1250 g/mol. The number of aliphatic hydroxyl groups is 3. The summed E-state index contributed by atoms with van der Waals surface area (Å²) in [5.41, 5.74) is 12.7. The van der Waals surface area contributed by atoms with E-state index in [1.807, 2.05) is 44.2 Å². The highest BCUT2D eigenvalue weighted by Crippen LogP contribution is 2.30.